The third-order valence-corrected chi connectivity index (χ3v) is 4.49. The molecule has 0 amide bonds. The van der Waals surface area contributed by atoms with Crippen LogP contribution >= 0.6 is 11.8 Å². The molecule has 1 aromatic rings. The first kappa shape index (κ1) is 13.9. The van der Waals surface area contributed by atoms with Gasteiger partial charge in [0.1, 0.15) is 0 Å². The molecule has 1 N–H and O–H groups in total. The van der Waals surface area contributed by atoms with E-state index in [2.05, 4.69) is 42.6 Å². The molecule has 1 aliphatic heterocycles. The van der Waals surface area contributed by atoms with Crippen LogP contribution in [0.2, 0.25) is 0 Å². The molecule has 1 saturated heterocycles. The zero-order valence-corrected chi connectivity index (χ0v) is 11.9. The number of thioether (sulfide) groups is 1. The zero-order chi connectivity index (χ0) is 12.6. The van der Waals surface area contributed by atoms with Crippen LogP contribution in [0.25, 0.3) is 0 Å². The molecule has 2 rings (SSSR count). The van der Waals surface area contributed by atoms with Crippen LogP contribution in [0.15, 0.2) is 35.2 Å². The normalized spacial score (nSPS) is 21.1. The molecule has 18 heavy (non-hydrogen) atoms. The minimum atomic E-state index is 0.581. The van der Waals surface area contributed by atoms with Crippen molar-refractivity contribution in [2.75, 3.05) is 25.5 Å². The maximum atomic E-state index is 5.52. The molecular weight excluding hydrogens is 242 g/mol. The Morgan fingerprint density at radius 1 is 1.39 bits per heavy atom. The largest absolute Gasteiger partial charge is 0.381 e. The summed E-state index contributed by atoms with van der Waals surface area (Å²) in [5.41, 5.74) is 0. The summed E-state index contributed by atoms with van der Waals surface area (Å²) >= 11 is 1.95. The molecule has 100 valence electrons. The molecule has 2 atom stereocenters. The van der Waals surface area contributed by atoms with E-state index in [9.17, 15) is 0 Å². The maximum Gasteiger partial charge on any atom is 0.0510 e. The Labute approximate surface area is 114 Å². The average Bonchev–Trinajstić information content (AvgIpc) is 2.94. The van der Waals surface area contributed by atoms with Crippen LogP contribution in [0.4, 0.5) is 0 Å². The maximum absolute atomic E-state index is 5.52. The Bertz CT molecular complexity index is 325. The lowest BCUT2D eigenvalue weighted by Gasteiger charge is -2.23. The van der Waals surface area contributed by atoms with Crippen LogP contribution in [0.5, 0.6) is 0 Å². The van der Waals surface area contributed by atoms with Crippen molar-refractivity contribution in [3.63, 3.8) is 0 Å². The fraction of sp³-hybridized carbons (Fsp3) is 0.600. The van der Waals surface area contributed by atoms with Crippen molar-refractivity contribution in [1.29, 1.82) is 0 Å². The standard InChI is InChI=1S/C15H23NOS/c1-2-9-16-15(13-8-10-17-11-13)12-18-14-6-4-3-5-7-14/h3-7,13,15-16H,2,8-12H2,1H3. The molecule has 0 aromatic heterocycles. The summed E-state index contributed by atoms with van der Waals surface area (Å²) in [6, 6.07) is 11.2. The van der Waals surface area contributed by atoms with E-state index in [1.165, 1.54) is 17.7 Å². The highest BCUT2D eigenvalue weighted by Gasteiger charge is 2.25. The Morgan fingerprint density at radius 2 is 2.22 bits per heavy atom. The van der Waals surface area contributed by atoms with E-state index in [1.54, 1.807) is 0 Å². The predicted octanol–water partition coefficient (Wildman–Crippen LogP) is 3.18. The van der Waals surface area contributed by atoms with E-state index in [4.69, 9.17) is 4.74 Å². The summed E-state index contributed by atoms with van der Waals surface area (Å²) in [6.45, 7) is 5.19. The molecule has 0 radical (unpaired) electrons. The van der Waals surface area contributed by atoms with Gasteiger partial charge in [-0.1, -0.05) is 25.1 Å². The van der Waals surface area contributed by atoms with Gasteiger partial charge < -0.3 is 10.1 Å². The highest BCUT2D eigenvalue weighted by atomic mass is 32.2. The van der Waals surface area contributed by atoms with Gasteiger partial charge in [-0.2, -0.15) is 0 Å². The first-order valence-corrected chi connectivity index (χ1v) is 7.87. The lowest BCUT2D eigenvalue weighted by molar-refractivity contribution is 0.179. The Kier molecular flexibility index (Phi) is 6.05. The van der Waals surface area contributed by atoms with Crippen molar-refractivity contribution in [1.82, 2.24) is 5.32 Å². The molecule has 1 fully saturated rings. The summed E-state index contributed by atoms with van der Waals surface area (Å²) in [6.07, 6.45) is 2.40. The first-order chi connectivity index (χ1) is 8.90. The molecule has 1 heterocycles. The Hall–Kier alpha value is -0.510. The van der Waals surface area contributed by atoms with Crippen LogP contribution in [-0.4, -0.2) is 31.6 Å². The molecule has 0 saturated carbocycles. The van der Waals surface area contributed by atoms with E-state index >= 15 is 0 Å². The van der Waals surface area contributed by atoms with Crippen LogP contribution < -0.4 is 5.32 Å². The Balaban J connectivity index is 1.84. The molecule has 2 nitrogen and oxygen atoms in total. The summed E-state index contributed by atoms with van der Waals surface area (Å²) < 4.78 is 5.52. The van der Waals surface area contributed by atoms with Gasteiger partial charge in [-0.05, 0) is 31.5 Å². The molecule has 0 spiro atoms. The lowest BCUT2D eigenvalue weighted by atomic mass is 10.0. The number of ether oxygens (including phenoxy) is 1. The van der Waals surface area contributed by atoms with E-state index in [0.717, 1.165) is 25.5 Å². The second-order valence-electron chi connectivity index (χ2n) is 4.81. The highest BCUT2D eigenvalue weighted by molar-refractivity contribution is 7.99. The highest BCUT2D eigenvalue weighted by Crippen LogP contribution is 2.24. The van der Waals surface area contributed by atoms with Crippen LogP contribution in [0.3, 0.4) is 0 Å². The van der Waals surface area contributed by atoms with E-state index < -0.39 is 0 Å². The third-order valence-electron chi connectivity index (χ3n) is 3.36. The average molecular weight is 265 g/mol. The quantitative estimate of drug-likeness (QED) is 0.765. The minimum absolute atomic E-state index is 0.581. The van der Waals surface area contributed by atoms with Gasteiger partial charge in [-0.15, -0.1) is 11.8 Å². The SMILES string of the molecule is CCCNC(CSc1ccccc1)C1CCOC1. The minimum Gasteiger partial charge on any atom is -0.381 e. The van der Waals surface area contributed by atoms with Crippen molar-refractivity contribution in [3.05, 3.63) is 30.3 Å². The van der Waals surface area contributed by atoms with Crippen LogP contribution in [-0.2, 0) is 4.74 Å². The van der Waals surface area contributed by atoms with Gasteiger partial charge in [0.05, 0.1) is 6.61 Å². The number of benzene rings is 1. The molecular formula is C15H23NOS. The van der Waals surface area contributed by atoms with Gasteiger partial charge in [0.25, 0.3) is 0 Å². The second kappa shape index (κ2) is 7.82. The van der Waals surface area contributed by atoms with Crippen molar-refractivity contribution < 1.29 is 4.74 Å². The van der Waals surface area contributed by atoms with Gasteiger partial charge in [-0.3, -0.25) is 0 Å². The van der Waals surface area contributed by atoms with E-state index in [0.29, 0.717) is 12.0 Å². The molecule has 3 heteroatoms. The zero-order valence-electron chi connectivity index (χ0n) is 11.1. The summed E-state index contributed by atoms with van der Waals surface area (Å²) in [4.78, 5) is 1.36. The van der Waals surface area contributed by atoms with Gasteiger partial charge in [0, 0.05) is 29.2 Å². The smallest absolute Gasteiger partial charge is 0.0510 e. The number of hydrogen-bond donors (Lipinski definition) is 1. The Morgan fingerprint density at radius 3 is 2.89 bits per heavy atom. The topological polar surface area (TPSA) is 21.3 Å². The van der Waals surface area contributed by atoms with Crippen molar-refractivity contribution in [2.45, 2.75) is 30.7 Å². The fourth-order valence-corrected chi connectivity index (χ4v) is 3.38. The lowest BCUT2D eigenvalue weighted by Crippen LogP contribution is -2.39. The predicted molar refractivity (Wildman–Crippen MR) is 78.2 cm³/mol. The summed E-state index contributed by atoms with van der Waals surface area (Å²) in [5, 5.41) is 3.68. The number of rotatable bonds is 7. The van der Waals surface area contributed by atoms with Gasteiger partial charge >= 0.3 is 0 Å². The molecule has 2 unspecified atom stereocenters. The summed E-state index contributed by atoms with van der Waals surface area (Å²) in [7, 11) is 0. The van der Waals surface area contributed by atoms with Gasteiger partial charge in [0.15, 0.2) is 0 Å². The molecule has 0 bridgehead atoms. The van der Waals surface area contributed by atoms with Crippen LogP contribution in [0, 0.1) is 5.92 Å². The van der Waals surface area contributed by atoms with Crippen molar-refractivity contribution in [2.24, 2.45) is 5.92 Å². The monoisotopic (exact) mass is 265 g/mol. The van der Waals surface area contributed by atoms with Crippen molar-refractivity contribution in [3.8, 4) is 0 Å². The van der Waals surface area contributed by atoms with E-state index in [-0.39, 0.29) is 0 Å². The fourth-order valence-electron chi connectivity index (χ4n) is 2.26. The summed E-state index contributed by atoms with van der Waals surface area (Å²) in [5.74, 6) is 1.82. The van der Waals surface area contributed by atoms with E-state index in [1.807, 2.05) is 11.8 Å². The first-order valence-electron chi connectivity index (χ1n) is 6.89. The van der Waals surface area contributed by atoms with Crippen molar-refractivity contribution >= 4 is 11.8 Å². The van der Waals surface area contributed by atoms with Gasteiger partial charge in [0.2, 0.25) is 0 Å². The molecule has 1 aromatic carbocycles. The second-order valence-corrected chi connectivity index (χ2v) is 5.90. The number of hydrogen-bond acceptors (Lipinski definition) is 3. The number of nitrogens with one attached hydrogen (secondary N) is 1. The molecule has 1 aliphatic rings. The van der Waals surface area contributed by atoms with Crippen LogP contribution in [0.1, 0.15) is 19.8 Å². The van der Waals surface area contributed by atoms with Gasteiger partial charge in [-0.25, -0.2) is 0 Å². The molecule has 0 aliphatic carbocycles. The third kappa shape index (κ3) is 4.30.